The van der Waals surface area contributed by atoms with E-state index in [2.05, 4.69) is 25.5 Å². The maximum atomic E-state index is 13.2. The van der Waals surface area contributed by atoms with Crippen LogP contribution in [0.4, 0.5) is 22.0 Å². The third kappa shape index (κ3) is 7.73. The molecule has 3 amide bonds. The molecule has 0 unspecified atom stereocenters. The molecule has 0 bridgehead atoms. The smallest absolute Gasteiger partial charge is 0.323 e. The van der Waals surface area contributed by atoms with E-state index < -0.39 is 0 Å². The van der Waals surface area contributed by atoms with Gasteiger partial charge in [-0.1, -0.05) is 18.2 Å². The molecule has 0 saturated carbocycles. The average molecular weight is 504 g/mol. The number of hydrogen-bond donors (Lipinski definition) is 3. The summed E-state index contributed by atoms with van der Waals surface area (Å²) in [7, 11) is 0. The van der Waals surface area contributed by atoms with Crippen LogP contribution in [0, 0.1) is 6.92 Å². The summed E-state index contributed by atoms with van der Waals surface area (Å²) in [6.07, 6.45) is 4.11. The summed E-state index contributed by atoms with van der Waals surface area (Å²) >= 11 is 0. The number of benzene rings is 1. The maximum absolute atomic E-state index is 13.2. The number of nitrogens with zero attached hydrogens (tertiary/aromatic N) is 4. The van der Waals surface area contributed by atoms with E-state index in [9.17, 15) is 9.59 Å². The average Bonchev–Trinajstić information content (AvgIpc) is 2.90. The topological polar surface area (TPSA) is 126 Å². The Morgan fingerprint density at radius 2 is 1.89 bits per heavy atom. The molecule has 0 aliphatic carbocycles. The number of aryl methyl sites for hydroxylation is 1. The molecule has 1 aromatic carbocycles. The van der Waals surface area contributed by atoms with E-state index in [1.54, 1.807) is 47.6 Å². The van der Waals surface area contributed by atoms with Gasteiger partial charge in [-0.2, -0.15) is 0 Å². The number of hydrogen-bond acceptors (Lipinski definition) is 7. The fraction of sp³-hybridized carbons (Fsp3) is 0.333. The molecule has 1 aliphatic heterocycles. The van der Waals surface area contributed by atoms with Gasteiger partial charge in [0.05, 0.1) is 24.6 Å². The molecule has 1 aliphatic rings. The van der Waals surface area contributed by atoms with Crippen LogP contribution in [0.15, 0.2) is 60.9 Å². The van der Waals surface area contributed by atoms with Crippen LogP contribution in [-0.4, -0.2) is 71.1 Å². The first-order valence-corrected chi connectivity index (χ1v) is 12.4. The zero-order chi connectivity index (χ0) is 26.0. The lowest BCUT2D eigenvalue weighted by Crippen LogP contribution is -2.40. The highest BCUT2D eigenvalue weighted by molar-refractivity contribution is 6.04. The first kappa shape index (κ1) is 26.1. The van der Waals surface area contributed by atoms with Crippen molar-refractivity contribution in [3.8, 4) is 0 Å². The van der Waals surface area contributed by atoms with Crippen LogP contribution in [0.5, 0.6) is 0 Å². The lowest BCUT2D eigenvalue weighted by Gasteiger charge is -2.28. The van der Waals surface area contributed by atoms with Crippen LogP contribution in [0.3, 0.4) is 0 Å². The second-order valence-electron chi connectivity index (χ2n) is 8.97. The number of amides is 3. The van der Waals surface area contributed by atoms with E-state index in [0.717, 1.165) is 50.4 Å². The minimum atomic E-state index is -0.352. The number of rotatable bonds is 9. The molecule has 0 spiro atoms. The minimum absolute atomic E-state index is 0.235. The molecule has 0 radical (unpaired) electrons. The number of pyridine rings is 2. The Kier molecular flexibility index (Phi) is 9.01. The number of para-hydroxylation sites is 2. The number of carbonyl (C=O) groups is 2. The largest absolute Gasteiger partial charge is 0.397 e. The summed E-state index contributed by atoms with van der Waals surface area (Å²) in [4.78, 5) is 38.4. The van der Waals surface area contributed by atoms with Gasteiger partial charge < -0.3 is 20.7 Å². The summed E-state index contributed by atoms with van der Waals surface area (Å²) in [5.74, 6) is 0.156. The number of nitrogen functional groups attached to an aromatic ring is 1. The molecule has 10 nitrogen and oxygen atoms in total. The van der Waals surface area contributed by atoms with Gasteiger partial charge >= 0.3 is 6.03 Å². The number of morpholine rings is 1. The van der Waals surface area contributed by atoms with Crippen LogP contribution in [0.1, 0.15) is 28.0 Å². The van der Waals surface area contributed by atoms with E-state index in [4.69, 9.17) is 10.5 Å². The van der Waals surface area contributed by atoms with Crippen molar-refractivity contribution in [3.05, 3.63) is 77.7 Å². The molecular formula is C27H33N7O3. The summed E-state index contributed by atoms with van der Waals surface area (Å²) in [6, 6.07) is 14.0. The van der Waals surface area contributed by atoms with Gasteiger partial charge in [-0.05, 0) is 54.8 Å². The minimum Gasteiger partial charge on any atom is -0.397 e. The zero-order valence-corrected chi connectivity index (χ0v) is 21.0. The zero-order valence-electron chi connectivity index (χ0n) is 21.0. The highest BCUT2D eigenvalue weighted by Gasteiger charge is 2.17. The Labute approximate surface area is 216 Å². The van der Waals surface area contributed by atoms with E-state index in [-0.39, 0.29) is 17.6 Å². The third-order valence-electron chi connectivity index (χ3n) is 6.08. The van der Waals surface area contributed by atoms with Crippen molar-refractivity contribution in [3.63, 3.8) is 0 Å². The van der Waals surface area contributed by atoms with Gasteiger partial charge in [0, 0.05) is 45.1 Å². The number of aromatic nitrogens is 2. The highest BCUT2D eigenvalue weighted by atomic mass is 16.5. The summed E-state index contributed by atoms with van der Waals surface area (Å²) in [6.45, 7) is 7.04. The molecule has 37 heavy (non-hydrogen) atoms. The highest BCUT2D eigenvalue weighted by Crippen LogP contribution is 2.18. The molecule has 3 heterocycles. The molecule has 10 heteroatoms. The lowest BCUT2D eigenvalue weighted by atomic mass is 10.2. The number of anilines is 3. The van der Waals surface area contributed by atoms with Crippen LogP contribution < -0.4 is 16.4 Å². The van der Waals surface area contributed by atoms with E-state index in [0.29, 0.717) is 30.3 Å². The van der Waals surface area contributed by atoms with E-state index >= 15 is 0 Å². The molecule has 2 aromatic heterocycles. The van der Waals surface area contributed by atoms with Gasteiger partial charge in [-0.25, -0.2) is 9.78 Å². The van der Waals surface area contributed by atoms with Gasteiger partial charge in [0.25, 0.3) is 5.91 Å². The van der Waals surface area contributed by atoms with Crippen molar-refractivity contribution in [2.75, 3.05) is 55.8 Å². The normalized spacial score (nSPS) is 13.6. The monoisotopic (exact) mass is 503 g/mol. The van der Waals surface area contributed by atoms with Crippen molar-refractivity contribution >= 4 is 29.1 Å². The summed E-state index contributed by atoms with van der Waals surface area (Å²) in [5, 5.41) is 5.67. The molecule has 1 saturated heterocycles. The number of nitrogens with one attached hydrogen (secondary N) is 2. The first-order chi connectivity index (χ1) is 18.0. The number of urea groups is 1. The number of carbonyl (C=O) groups excluding carboxylic acids is 2. The quantitative estimate of drug-likeness (QED) is 0.382. The fourth-order valence-electron chi connectivity index (χ4n) is 4.03. The molecular weight excluding hydrogens is 470 g/mol. The first-order valence-electron chi connectivity index (χ1n) is 12.4. The third-order valence-corrected chi connectivity index (χ3v) is 6.08. The SMILES string of the molecule is Cc1ccnc(NC(=O)N(CCCN2CCOCC2)Cc2ccc(C(=O)Nc3ccccc3N)nc2)c1. The Morgan fingerprint density at radius 3 is 2.62 bits per heavy atom. The van der Waals surface area contributed by atoms with Crippen LogP contribution >= 0.6 is 0 Å². The molecule has 194 valence electrons. The standard InChI is InChI=1S/C27H33N7O3/c1-20-9-10-29-25(17-20)32-27(36)34(12-4-11-33-13-15-37-16-14-33)19-21-7-8-24(30-18-21)26(35)31-23-6-3-2-5-22(23)28/h2-3,5-10,17-18H,4,11-16,19,28H2,1H3,(H,31,35)(H,29,32,36). The van der Waals surface area contributed by atoms with Crippen LogP contribution in [0.25, 0.3) is 0 Å². The van der Waals surface area contributed by atoms with Gasteiger partial charge in [0.1, 0.15) is 11.5 Å². The summed E-state index contributed by atoms with van der Waals surface area (Å²) < 4.78 is 5.42. The second kappa shape index (κ2) is 12.8. The summed E-state index contributed by atoms with van der Waals surface area (Å²) in [5.41, 5.74) is 9.02. The Balaban J connectivity index is 1.40. The molecule has 4 rings (SSSR count). The van der Waals surface area contributed by atoms with Gasteiger partial charge in [0.15, 0.2) is 0 Å². The fourth-order valence-corrected chi connectivity index (χ4v) is 4.03. The van der Waals surface area contributed by atoms with Crippen molar-refractivity contribution in [2.24, 2.45) is 0 Å². The van der Waals surface area contributed by atoms with Crippen LogP contribution in [-0.2, 0) is 11.3 Å². The predicted octanol–water partition coefficient (Wildman–Crippen LogP) is 3.38. The van der Waals surface area contributed by atoms with E-state index in [1.165, 1.54) is 0 Å². The molecule has 4 N–H and O–H groups in total. The molecule has 1 fully saturated rings. The van der Waals surface area contributed by atoms with E-state index in [1.807, 2.05) is 25.1 Å². The van der Waals surface area contributed by atoms with Crippen molar-refractivity contribution in [2.45, 2.75) is 19.9 Å². The van der Waals surface area contributed by atoms with Gasteiger partial charge in [0.2, 0.25) is 0 Å². The lowest BCUT2D eigenvalue weighted by molar-refractivity contribution is 0.0365. The second-order valence-corrected chi connectivity index (χ2v) is 8.97. The van der Waals surface area contributed by atoms with Gasteiger partial charge in [-0.15, -0.1) is 0 Å². The van der Waals surface area contributed by atoms with Gasteiger partial charge in [-0.3, -0.25) is 20.0 Å². The van der Waals surface area contributed by atoms with Crippen molar-refractivity contribution in [1.29, 1.82) is 0 Å². The van der Waals surface area contributed by atoms with Crippen molar-refractivity contribution in [1.82, 2.24) is 19.8 Å². The molecule has 3 aromatic rings. The van der Waals surface area contributed by atoms with Crippen molar-refractivity contribution < 1.29 is 14.3 Å². The Morgan fingerprint density at radius 1 is 1.08 bits per heavy atom. The molecule has 0 atom stereocenters. The Hall–Kier alpha value is -4.02. The maximum Gasteiger partial charge on any atom is 0.323 e. The Bertz CT molecular complexity index is 1200. The predicted molar refractivity (Wildman–Crippen MR) is 143 cm³/mol. The number of ether oxygens (including phenoxy) is 1. The number of nitrogens with two attached hydrogens (primary N) is 1. The van der Waals surface area contributed by atoms with Crippen LogP contribution in [0.2, 0.25) is 0 Å².